The van der Waals surface area contributed by atoms with Gasteiger partial charge in [0.25, 0.3) is 0 Å². The van der Waals surface area contributed by atoms with E-state index < -0.39 is 5.97 Å². The lowest BCUT2D eigenvalue weighted by atomic mass is 10.2. The first kappa shape index (κ1) is 13.5. The van der Waals surface area contributed by atoms with Crippen molar-refractivity contribution < 1.29 is 9.90 Å². The summed E-state index contributed by atoms with van der Waals surface area (Å²) in [5, 5.41) is 13.3. The Balaban J connectivity index is 2.21. The topological polar surface area (TPSA) is 68.0 Å². The predicted molar refractivity (Wildman–Crippen MR) is 81.5 cm³/mol. The summed E-state index contributed by atoms with van der Waals surface area (Å²) in [6.07, 6.45) is 3.32. The average Bonchev–Trinajstić information content (AvgIpc) is 2.93. The number of pyridine rings is 1. The molecule has 0 aliphatic carbocycles. The quantitative estimate of drug-likeness (QED) is 0.791. The fourth-order valence-corrected chi connectivity index (χ4v) is 2.41. The Hall–Kier alpha value is -2.47. The van der Waals surface area contributed by atoms with Crippen molar-refractivity contribution in [2.24, 2.45) is 0 Å². The predicted octanol–water partition coefficient (Wildman–Crippen LogP) is 3.40. The smallest absolute Gasteiger partial charge is 0.356 e. The third-order valence-electron chi connectivity index (χ3n) is 2.96. The van der Waals surface area contributed by atoms with E-state index in [0.29, 0.717) is 5.69 Å². The number of hydrogen-bond acceptors (Lipinski definition) is 3. The van der Waals surface area contributed by atoms with Gasteiger partial charge in [-0.05, 0) is 36.4 Å². The van der Waals surface area contributed by atoms with Crippen LogP contribution in [-0.4, -0.2) is 25.8 Å². The largest absolute Gasteiger partial charge is 0.476 e. The minimum absolute atomic E-state index is 0.00166. The summed E-state index contributed by atoms with van der Waals surface area (Å²) in [4.78, 5) is 15.2. The van der Waals surface area contributed by atoms with E-state index in [9.17, 15) is 9.90 Å². The van der Waals surface area contributed by atoms with Crippen LogP contribution in [0.3, 0.4) is 0 Å². The number of hydrogen-bond donors (Lipinski definition) is 1. The molecule has 104 valence electrons. The molecule has 5 nitrogen and oxygen atoms in total. The Kier molecular flexibility index (Phi) is 3.53. The summed E-state index contributed by atoms with van der Waals surface area (Å²) >= 11 is 3.41. The zero-order valence-electron chi connectivity index (χ0n) is 10.8. The molecule has 1 aromatic carbocycles. The van der Waals surface area contributed by atoms with E-state index in [1.807, 2.05) is 36.4 Å². The average molecular weight is 344 g/mol. The molecule has 0 fully saturated rings. The molecule has 0 spiro atoms. The molecular weight excluding hydrogens is 334 g/mol. The van der Waals surface area contributed by atoms with Gasteiger partial charge in [-0.3, -0.25) is 4.98 Å². The first-order valence-corrected chi connectivity index (χ1v) is 6.94. The van der Waals surface area contributed by atoms with E-state index in [0.717, 1.165) is 15.7 Å². The molecular formula is C15H10BrN3O2. The van der Waals surface area contributed by atoms with Crippen LogP contribution in [0.2, 0.25) is 0 Å². The molecule has 1 N–H and O–H groups in total. The number of rotatable bonds is 3. The summed E-state index contributed by atoms with van der Waals surface area (Å²) in [6.45, 7) is 0. The second-order valence-corrected chi connectivity index (χ2v) is 5.26. The highest BCUT2D eigenvalue weighted by atomic mass is 79.9. The van der Waals surface area contributed by atoms with E-state index in [1.165, 1.54) is 0 Å². The molecule has 0 aliphatic rings. The maximum Gasteiger partial charge on any atom is 0.356 e. The molecule has 0 atom stereocenters. The minimum Gasteiger partial charge on any atom is -0.476 e. The number of nitrogens with zero attached hydrogens (tertiary/aromatic N) is 3. The fourth-order valence-electron chi connectivity index (χ4n) is 2.02. The van der Waals surface area contributed by atoms with Gasteiger partial charge in [-0.25, -0.2) is 9.48 Å². The SMILES string of the molecule is O=C(O)c1cc(-c2ccncc2)n(-c2cccc(Br)c2)n1. The van der Waals surface area contributed by atoms with Crippen LogP contribution >= 0.6 is 15.9 Å². The molecule has 0 unspecified atom stereocenters. The van der Waals surface area contributed by atoms with Crippen LogP contribution in [0, 0.1) is 0 Å². The lowest BCUT2D eigenvalue weighted by Crippen LogP contribution is -2.02. The second kappa shape index (κ2) is 5.49. The Labute approximate surface area is 129 Å². The molecule has 0 amide bonds. The van der Waals surface area contributed by atoms with Crippen molar-refractivity contribution in [3.05, 3.63) is 65.0 Å². The standard InChI is InChI=1S/C15H10BrN3O2/c16-11-2-1-3-12(8-11)19-14(9-13(18-19)15(20)21)10-4-6-17-7-5-10/h1-9H,(H,20,21). The Morgan fingerprint density at radius 3 is 2.57 bits per heavy atom. The van der Waals surface area contributed by atoms with Crippen molar-refractivity contribution in [1.29, 1.82) is 0 Å². The molecule has 21 heavy (non-hydrogen) atoms. The van der Waals surface area contributed by atoms with Gasteiger partial charge in [0.05, 0.1) is 11.4 Å². The minimum atomic E-state index is -1.06. The molecule has 0 bridgehead atoms. The van der Waals surface area contributed by atoms with Gasteiger partial charge < -0.3 is 5.11 Å². The molecule has 3 rings (SSSR count). The number of benzene rings is 1. The fraction of sp³-hybridized carbons (Fsp3) is 0. The van der Waals surface area contributed by atoms with Crippen LogP contribution < -0.4 is 0 Å². The highest BCUT2D eigenvalue weighted by Gasteiger charge is 2.15. The van der Waals surface area contributed by atoms with Gasteiger partial charge in [0.2, 0.25) is 0 Å². The highest BCUT2D eigenvalue weighted by molar-refractivity contribution is 9.10. The molecule has 0 saturated carbocycles. The molecule has 0 aliphatic heterocycles. The summed E-state index contributed by atoms with van der Waals surface area (Å²) in [6, 6.07) is 12.7. The Morgan fingerprint density at radius 2 is 1.90 bits per heavy atom. The van der Waals surface area contributed by atoms with Crippen molar-refractivity contribution in [2.45, 2.75) is 0 Å². The van der Waals surface area contributed by atoms with Gasteiger partial charge in [0.15, 0.2) is 5.69 Å². The molecule has 6 heteroatoms. The first-order chi connectivity index (χ1) is 10.1. The van der Waals surface area contributed by atoms with Crippen molar-refractivity contribution in [2.75, 3.05) is 0 Å². The van der Waals surface area contributed by atoms with Crippen LogP contribution in [-0.2, 0) is 0 Å². The molecule has 2 heterocycles. The number of aromatic carboxylic acids is 1. The van der Waals surface area contributed by atoms with Crippen LogP contribution in [0.1, 0.15) is 10.5 Å². The van der Waals surface area contributed by atoms with Crippen LogP contribution in [0.5, 0.6) is 0 Å². The number of halogens is 1. The maximum absolute atomic E-state index is 11.2. The summed E-state index contributed by atoms with van der Waals surface area (Å²) in [5.74, 6) is -1.06. The first-order valence-electron chi connectivity index (χ1n) is 6.15. The van der Waals surface area contributed by atoms with Gasteiger partial charge in [-0.15, -0.1) is 0 Å². The van der Waals surface area contributed by atoms with Gasteiger partial charge >= 0.3 is 5.97 Å². The lowest BCUT2D eigenvalue weighted by Gasteiger charge is -2.07. The van der Waals surface area contributed by atoms with Gasteiger partial charge in [-0.1, -0.05) is 22.0 Å². The Bertz CT molecular complexity index is 800. The summed E-state index contributed by atoms with van der Waals surface area (Å²) in [7, 11) is 0. The van der Waals surface area contributed by atoms with E-state index in [4.69, 9.17) is 0 Å². The van der Waals surface area contributed by atoms with E-state index in [-0.39, 0.29) is 5.69 Å². The molecule has 0 saturated heterocycles. The van der Waals surface area contributed by atoms with Gasteiger partial charge in [-0.2, -0.15) is 5.10 Å². The van der Waals surface area contributed by atoms with Gasteiger partial charge in [0, 0.05) is 22.4 Å². The summed E-state index contributed by atoms with van der Waals surface area (Å²) in [5.41, 5.74) is 2.34. The lowest BCUT2D eigenvalue weighted by molar-refractivity contribution is 0.0690. The zero-order valence-corrected chi connectivity index (χ0v) is 12.4. The highest BCUT2D eigenvalue weighted by Crippen LogP contribution is 2.25. The second-order valence-electron chi connectivity index (χ2n) is 4.35. The molecule has 2 aromatic heterocycles. The maximum atomic E-state index is 11.2. The van der Waals surface area contributed by atoms with Crippen molar-refractivity contribution in [3.63, 3.8) is 0 Å². The van der Waals surface area contributed by atoms with Gasteiger partial charge in [0.1, 0.15) is 0 Å². The number of carboxylic acids is 1. The normalized spacial score (nSPS) is 10.5. The third-order valence-corrected chi connectivity index (χ3v) is 3.45. The summed E-state index contributed by atoms with van der Waals surface area (Å²) < 4.78 is 2.51. The van der Waals surface area contributed by atoms with E-state index in [2.05, 4.69) is 26.0 Å². The zero-order chi connectivity index (χ0) is 14.8. The van der Waals surface area contributed by atoms with E-state index >= 15 is 0 Å². The van der Waals surface area contributed by atoms with Crippen molar-refractivity contribution in [1.82, 2.24) is 14.8 Å². The van der Waals surface area contributed by atoms with Crippen LogP contribution in [0.25, 0.3) is 16.9 Å². The number of carboxylic acid groups (broad SMARTS) is 1. The number of carbonyl (C=O) groups is 1. The van der Waals surface area contributed by atoms with Crippen LogP contribution in [0.15, 0.2) is 59.3 Å². The van der Waals surface area contributed by atoms with Crippen molar-refractivity contribution in [3.8, 4) is 16.9 Å². The third kappa shape index (κ3) is 2.71. The molecule has 3 aromatic rings. The van der Waals surface area contributed by atoms with E-state index in [1.54, 1.807) is 23.1 Å². The monoisotopic (exact) mass is 343 g/mol. The molecule has 0 radical (unpaired) electrons. The Morgan fingerprint density at radius 1 is 1.14 bits per heavy atom. The number of aromatic nitrogens is 3. The van der Waals surface area contributed by atoms with Crippen molar-refractivity contribution >= 4 is 21.9 Å². The van der Waals surface area contributed by atoms with Crippen LogP contribution in [0.4, 0.5) is 0 Å².